The van der Waals surface area contributed by atoms with Crippen molar-refractivity contribution in [1.29, 1.82) is 0 Å². The molecule has 3 nitrogen and oxygen atoms in total. The number of nitrogens with zero attached hydrogens (tertiary/aromatic N) is 1. The zero-order chi connectivity index (χ0) is 14.1. The summed E-state index contributed by atoms with van der Waals surface area (Å²) in [5.41, 5.74) is 5.81. The topological polar surface area (TPSA) is 46.3 Å². The zero-order valence-electron chi connectivity index (χ0n) is 12.2. The molecule has 4 heteroatoms. The lowest BCUT2D eigenvalue weighted by molar-refractivity contribution is -0.135. The molecule has 4 fully saturated rings. The molecule has 4 rings (SSSR count). The van der Waals surface area contributed by atoms with Crippen LogP contribution in [0.4, 0.5) is 0 Å². The highest BCUT2D eigenvalue weighted by Crippen LogP contribution is 2.69. The molecular formula is C16H24N2OS. The minimum atomic E-state index is -0.0371. The van der Waals surface area contributed by atoms with Gasteiger partial charge in [-0.25, -0.2) is 0 Å². The maximum atomic E-state index is 12.7. The summed E-state index contributed by atoms with van der Waals surface area (Å²) in [5, 5.41) is 0. The number of carbonyl (C=O) groups excluding carboxylic acids is 1. The van der Waals surface area contributed by atoms with Crippen molar-refractivity contribution in [1.82, 2.24) is 4.90 Å². The Morgan fingerprint density at radius 3 is 2.25 bits per heavy atom. The van der Waals surface area contributed by atoms with E-state index >= 15 is 0 Å². The molecule has 2 N–H and O–H groups in total. The Kier molecular flexibility index (Phi) is 2.73. The number of nitrogens with two attached hydrogens (primary N) is 1. The molecule has 110 valence electrons. The highest BCUT2D eigenvalue weighted by atomic mass is 32.1. The number of likely N-dealkylation sites (tertiary alicyclic amines) is 1. The van der Waals surface area contributed by atoms with E-state index in [0.29, 0.717) is 16.8 Å². The van der Waals surface area contributed by atoms with Crippen molar-refractivity contribution in [2.45, 2.75) is 39.0 Å². The van der Waals surface area contributed by atoms with Gasteiger partial charge < -0.3 is 10.6 Å². The molecule has 1 aliphatic heterocycles. The van der Waals surface area contributed by atoms with E-state index in [-0.39, 0.29) is 5.41 Å². The molecule has 1 heterocycles. The van der Waals surface area contributed by atoms with Crippen molar-refractivity contribution < 1.29 is 4.79 Å². The zero-order valence-corrected chi connectivity index (χ0v) is 13.0. The maximum Gasteiger partial charge on any atom is 0.226 e. The molecular weight excluding hydrogens is 268 g/mol. The van der Waals surface area contributed by atoms with E-state index in [1.807, 2.05) is 0 Å². The van der Waals surface area contributed by atoms with Crippen LogP contribution < -0.4 is 5.73 Å². The first-order chi connectivity index (χ1) is 9.51. The predicted molar refractivity (Wildman–Crippen MR) is 82.0 cm³/mol. The molecule has 3 saturated carbocycles. The van der Waals surface area contributed by atoms with Crippen LogP contribution in [0, 0.1) is 35.0 Å². The first-order valence-corrected chi connectivity index (χ1v) is 8.51. The van der Waals surface area contributed by atoms with Gasteiger partial charge in [0.25, 0.3) is 0 Å². The van der Waals surface area contributed by atoms with Gasteiger partial charge >= 0.3 is 0 Å². The van der Waals surface area contributed by atoms with E-state index < -0.39 is 0 Å². The largest absolute Gasteiger partial charge is 0.393 e. The van der Waals surface area contributed by atoms with Gasteiger partial charge in [-0.15, -0.1) is 0 Å². The fourth-order valence-corrected chi connectivity index (χ4v) is 5.54. The van der Waals surface area contributed by atoms with Gasteiger partial charge in [0.2, 0.25) is 5.91 Å². The van der Waals surface area contributed by atoms with Crippen LogP contribution in [0.3, 0.4) is 0 Å². The van der Waals surface area contributed by atoms with Gasteiger partial charge in [-0.05, 0) is 55.8 Å². The Morgan fingerprint density at radius 1 is 1.20 bits per heavy atom. The molecule has 4 atom stereocenters. The van der Waals surface area contributed by atoms with Crippen LogP contribution in [0.5, 0.6) is 0 Å². The molecule has 0 radical (unpaired) electrons. The minimum absolute atomic E-state index is 0.0371. The standard InChI is InChI=1S/C16H24N2OS/c1-16(15(17)20)4-6-18(7-5-16)14(19)13-11-9-2-3-10(8-9)12(11)13/h9-13H,2-8H2,1H3,(H2,17,20). The summed E-state index contributed by atoms with van der Waals surface area (Å²) in [6.07, 6.45) is 6.05. The lowest BCUT2D eigenvalue weighted by Crippen LogP contribution is -2.47. The van der Waals surface area contributed by atoms with Crippen LogP contribution in [-0.4, -0.2) is 28.9 Å². The van der Waals surface area contributed by atoms with E-state index in [1.54, 1.807) is 0 Å². The average molecular weight is 292 g/mol. The lowest BCUT2D eigenvalue weighted by atomic mass is 9.80. The number of fused-ring (bicyclic) bond motifs is 5. The first kappa shape index (κ1) is 13.1. The van der Waals surface area contributed by atoms with Crippen molar-refractivity contribution in [3.63, 3.8) is 0 Å². The fourth-order valence-electron chi connectivity index (χ4n) is 5.33. The Hall–Kier alpha value is -0.640. The molecule has 1 amide bonds. The SMILES string of the molecule is CC1(C(N)=S)CCN(C(=O)C2C3C4CCC(C4)C23)CC1. The van der Waals surface area contributed by atoms with Gasteiger partial charge in [0, 0.05) is 24.4 Å². The van der Waals surface area contributed by atoms with Crippen LogP contribution >= 0.6 is 12.2 Å². The molecule has 4 unspecified atom stereocenters. The van der Waals surface area contributed by atoms with Gasteiger partial charge in [-0.1, -0.05) is 19.1 Å². The summed E-state index contributed by atoms with van der Waals surface area (Å²) in [7, 11) is 0. The number of hydrogen-bond donors (Lipinski definition) is 1. The highest BCUT2D eigenvalue weighted by Gasteiger charge is 2.68. The molecule has 0 aromatic carbocycles. The summed E-state index contributed by atoms with van der Waals surface area (Å²) in [4.78, 5) is 15.5. The van der Waals surface area contributed by atoms with E-state index in [1.165, 1.54) is 19.3 Å². The van der Waals surface area contributed by atoms with E-state index in [2.05, 4.69) is 11.8 Å². The van der Waals surface area contributed by atoms with E-state index in [4.69, 9.17) is 18.0 Å². The number of piperidine rings is 1. The predicted octanol–water partition coefficient (Wildman–Crippen LogP) is 2.19. The Bertz CT molecular complexity index is 453. The number of rotatable bonds is 2. The monoisotopic (exact) mass is 292 g/mol. The van der Waals surface area contributed by atoms with Gasteiger partial charge in [0.1, 0.15) is 0 Å². The second-order valence-electron chi connectivity index (χ2n) is 7.76. The number of hydrogen-bond acceptors (Lipinski definition) is 2. The molecule has 0 aromatic rings. The van der Waals surface area contributed by atoms with Crippen LogP contribution in [0.15, 0.2) is 0 Å². The average Bonchev–Trinajstić information content (AvgIpc) is 2.86. The quantitative estimate of drug-likeness (QED) is 0.794. The number of amides is 1. The summed E-state index contributed by atoms with van der Waals surface area (Å²) in [5.74, 6) is 4.10. The smallest absolute Gasteiger partial charge is 0.226 e. The number of thiocarbonyl (C=S) groups is 1. The number of carbonyl (C=O) groups is 1. The third-order valence-corrected chi connectivity index (χ3v) is 7.29. The summed E-state index contributed by atoms with van der Waals surface area (Å²) < 4.78 is 0. The highest BCUT2D eigenvalue weighted by molar-refractivity contribution is 7.80. The third kappa shape index (κ3) is 1.69. The first-order valence-electron chi connectivity index (χ1n) is 8.10. The van der Waals surface area contributed by atoms with Crippen molar-refractivity contribution in [2.75, 3.05) is 13.1 Å². The van der Waals surface area contributed by atoms with E-state index in [0.717, 1.165) is 49.6 Å². The molecule has 0 aromatic heterocycles. The lowest BCUT2D eigenvalue weighted by Gasteiger charge is -2.39. The van der Waals surface area contributed by atoms with Crippen molar-refractivity contribution >= 4 is 23.1 Å². The van der Waals surface area contributed by atoms with Crippen molar-refractivity contribution in [3.8, 4) is 0 Å². The van der Waals surface area contributed by atoms with Gasteiger partial charge in [-0.2, -0.15) is 0 Å². The van der Waals surface area contributed by atoms with Crippen molar-refractivity contribution in [2.24, 2.45) is 40.7 Å². The van der Waals surface area contributed by atoms with Crippen LogP contribution in [0.1, 0.15) is 39.0 Å². The van der Waals surface area contributed by atoms with Crippen LogP contribution in [0.25, 0.3) is 0 Å². The van der Waals surface area contributed by atoms with Gasteiger partial charge in [0.15, 0.2) is 0 Å². The summed E-state index contributed by atoms with van der Waals surface area (Å²) in [6, 6.07) is 0. The fraction of sp³-hybridized carbons (Fsp3) is 0.875. The van der Waals surface area contributed by atoms with E-state index in [9.17, 15) is 4.79 Å². The van der Waals surface area contributed by atoms with Gasteiger partial charge in [-0.3, -0.25) is 4.79 Å². The second kappa shape index (κ2) is 4.19. The Morgan fingerprint density at radius 2 is 1.75 bits per heavy atom. The third-order valence-electron chi connectivity index (χ3n) is 6.79. The second-order valence-corrected chi connectivity index (χ2v) is 8.20. The molecule has 0 spiro atoms. The Balaban J connectivity index is 1.39. The normalized spacial score (nSPS) is 44.2. The van der Waals surface area contributed by atoms with Crippen LogP contribution in [-0.2, 0) is 4.79 Å². The molecule has 20 heavy (non-hydrogen) atoms. The van der Waals surface area contributed by atoms with Gasteiger partial charge in [0.05, 0.1) is 4.99 Å². The van der Waals surface area contributed by atoms with Crippen LogP contribution in [0.2, 0.25) is 0 Å². The maximum absolute atomic E-state index is 12.7. The molecule has 3 aliphatic carbocycles. The minimum Gasteiger partial charge on any atom is -0.393 e. The molecule has 2 bridgehead atoms. The summed E-state index contributed by atoms with van der Waals surface area (Å²) >= 11 is 5.18. The Labute approximate surface area is 126 Å². The molecule has 1 saturated heterocycles. The van der Waals surface area contributed by atoms with Crippen molar-refractivity contribution in [3.05, 3.63) is 0 Å². The summed E-state index contributed by atoms with van der Waals surface area (Å²) in [6.45, 7) is 3.83. The molecule has 4 aliphatic rings.